The molecule has 0 aromatic rings. The van der Waals surface area contributed by atoms with Crippen molar-refractivity contribution in [3.8, 4) is 0 Å². The van der Waals surface area contributed by atoms with Crippen LogP contribution in [0.15, 0.2) is 0 Å². The van der Waals surface area contributed by atoms with Crippen molar-refractivity contribution in [2.45, 2.75) is 58.0 Å². The molecular weight excluding hydrogens is 184 g/mol. The highest BCUT2D eigenvalue weighted by molar-refractivity contribution is 4.89. The molecule has 0 heterocycles. The van der Waals surface area contributed by atoms with Crippen LogP contribution in [0, 0.1) is 5.92 Å². The molecule has 0 spiro atoms. The Bertz CT molecular complexity index is 170. The Hall–Kier alpha value is -0.0800. The summed E-state index contributed by atoms with van der Waals surface area (Å²) in [4.78, 5) is 2.56. The first kappa shape index (κ1) is 13.0. The third kappa shape index (κ3) is 3.46. The van der Waals surface area contributed by atoms with Crippen molar-refractivity contribution < 1.29 is 0 Å². The molecule has 3 unspecified atom stereocenters. The number of rotatable bonds is 5. The maximum absolute atomic E-state index is 3.50. The predicted molar refractivity (Wildman–Crippen MR) is 67.2 cm³/mol. The molecule has 1 saturated carbocycles. The van der Waals surface area contributed by atoms with E-state index in [1.807, 2.05) is 0 Å². The Balaban J connectivity index is 2.54. The highest BCUT2D eigenvalue weighted by atomic mass is 15.2. The zero-order valence-electron chi connectivity index (χ0n) is 10.9. The molecule has 0 saturated heterocycles. The highest BCUT2D eigenvalue weighted by Gasteiger charge is 2.30. The van der Waals surface area contributed by atoms with Gasteiger partial charge in [-0.15, -0.1) is 0 Å². The normalized spacial score (nSPS) is 32.2. The molecule has 0 aromatic heterocycles. The molecule has 15 heavy (non-hydrogen) atoms. The fourth-order valence-electron chi connectivity index (χ4n) is 2.94. The molecule has 1 aliphatic rings. The summed E-state index contributed by atoms with van der Waals surface area (Å²) in [6.45, 7) is 5.84. The van der Waals surface area contributed by atoms with Crippen LogP contribution < -0.4 is 5.32 Å². The maximum atomic E-state index is 3.50. The Morgan fingerprint density at radius 3 is 2.53 bits per heavy atom. The summed E-state index contributed by atoms with van der Waals surface area (Å²) in [5.74, 6) is 0.957. The van der Waals surface area contributed by atoms with Gasteiger partial charge in [0.2, 0.25) is 0 Å². The van der Waals surface area contributed by atoms with E-state index >= 15 is 0 Å². The second kappa shape index (κ2) is 6.49. The monoisotopic (exact) mass is 212 g/mol. The zero-order valence-corrected chi connectivity index (χ0v) is 10.9. The number of likely N-dealkylation sites (N-methyl/N-ethyl adjacent to an activating group) is 2. The molecule has 1 N–H and O–H groups in total. The van der Waals surface area contributed by atoms with E-state index < -0.39 is 0 Å². The topological polar surface area (TPSA) is 15.3 Å². The van der Waals surface area contributed by atoms with Gasteiger partial charge in [-0.25, -0.2) is 0 Å². The maximum Gasteiger partial charge on any atom is 0.0248 e. The highest BCUT2D eigenvalue weighted by Crippen LogP contribution is 2.29. The first-order valence-corrected chi connectivity index (χ1v) is 6.60. The van der Waals surface area contributed by atoms with Crippen molar-refractivity contribution in [1.29, 1.82) is 0 Å². The van der Waals surface area contributed by atoms with Gasteiger partial charge in [0.1, 0.15) is 0 Å². The summed E-state index contributed by atoms with van der Waals surface area (Å²) in [6.07, 6.45) is 6.78. The summed E-state index contributed by atoms with van der Waals surface area (Å²) in [7, 11) is 4.40. The van der Waals surface area contributed by atoms with Crippen molar-refractivity contribution in [2.24, 2.45) is 5.92 Å². The Morgan fingerprint density at radius 2 is 2.00 bits per heavy atom. The molecule has 1 rings (SSSR count). The van der Waals surface area contributed by atoms with Crippen molar-refractivity contribution in [3.63, 3.8) is 0 Å². The number of hydrogen-bond donors (Lipinski definition) is 1. The first-order valence-electron chi connectivity index (χ1n) is 6.60. The fourth-order valence-corrected chi connectivity index (χ4v) is 2.94. The van der Waals surface area contributed by atoms with Crippen LogP contribution in [0.4, 0.5) is 0 Å². The lowest BCUT2D eigenvalue weighted by molar-refractivity contribution is 0.121. The van der Waals surface area contributed by atoms with Crippen LogP contribution in [0.1, 0.15) is 46.0 Å². The van der Waals surface area contributed by atoms with Gasteiger partial charge in [0.15, 0.2) is 0 Å². The van der Waals surface area contributed by atoms with Gasteiger partial charge in [0.25, 0.3) is 0 Å². The molecule has 0 amide bonds. The molecule has 0 aromatic carbocycles. The molecule has 1 fully saturated rings. The van der Waals surface area contributed by atoms with Gasteiger partial charge < -0.3 is 10.2 Å². The number of nitrogens with one attached hydrogen (secondary N) is 1. The molecule has 3 atom stereocenters. The SMILES string of the molecule is CCCN(C)C1CC(CC)CCC1NC. The molecular formula is C13H28N2. The van der Waals surface area contributed by atoms with Gasteiger partial charge in [-0.05, 0) is 52.2 Å². The average Bonchev–Trinajstić information content (AvgIpc) is 2.28. The zero-order chi connectivity index (χ0) is 11.3. The summed E-state index contributed by atoms with van der Waals surface area (Å²) < 4.78 is 0. The van der Waals surface area contributed by atoms with Crippen LogP contribution in [-0.2, 0) is 0 Å². The lowest BCUT2D eigenvalue weighted by Gasteiger charge is -2.41. The smallest absolute Gasteiger partial charge is 0.0248 e. The lowest BCUT2D eigenvalue weighted by atomic mass is 9.80. The van der Waals surface area contributed by atoms with Crippen LogP contribution in [0.25, 0.3) is 0 Å². The molecule has 0 radical (unpaired) electrons. The van der Waals surface area contributed by atoms with Gasteiger partial charge in [-0.3, -0.25) is 0 Å². The first-order chi connectivity index (χ1) is 7.22. The second-order valence-corrected chi connectivity index (χ2v) is 5.03. The van der Waals surface area contributed by atoms with Gasteiger partial charge in [-0.2, -0.15) is 0 Å². The van der Waals surface area contributed by atoms with Crippen molar-refractivity contribution in [3.05, 3.63) is 0 Å². The van der Waals surface area contributed by atoms with Crippen molar-refractivity contribution in [2.75, 3.05) is 20.6 Å². The van der Waals surface area contributed by atoms with Crippen LogP contribution in [0.2, 0.25) is 0 Å². The third-order valence-electron chi connectivity index (χ3n) is 4.02. The van der Waals surface area contributed by atoms with Crippen molar-refractivity contribution in [1.82, 2.24) is 10.2 Å². The minimum atomic E-state index is 0.712. The van der Waals surface area contributed by atoms with E-state index in [0.717, 1.165) is 12.0 Å². The van der Waals surface area contributed by atoms with E-state index in [-0.39, 0.29) is 0 Å². The van der Waals surface area contributed by atoms with E-state index in [9.17, 15) is 0 Å². The quantitative estimate of drug-likeness (QED) is 0.753. The van der Waals surface area contributed by atoms with Crippen LogP contribution in [0.3, 0.4) is 0 Å². The van der Waals surface area contributed by atoms with Gasteiger partial charge in [0, 0.05) is 12.1 Å². The Morgan fingerprint density at radius 1 is 1.27 bits per heavy atom. The minimum Gasteiger partial charge on any atom is -0.315 e. The predicted octanol–water partition coefficient (Wildman–Crippen LogP) is 2.49. The summed E-state index contributed by atoms with van der Waals surface area (Å²) in [6, 6.07) is 1.47. The Kier molecular flexibility index (Phi) is 5.62. The molecule has 2 nitrogen and oxygen atoms in total. The van der Waals surface area contributed by atoms with Gasteiger partial charge >= 0.3 is 0 Å². The third-order valence-corrected chi connectivity index (χ3v) is 4.02. The molecule has 90 valence electrons. The number of hydrogen-bond acceptors (Lipinski definition) is 2. The summed E-state index contributed by atoms with van der Waals surface area (Å²) in [5.41, 5.74) is 0. The minimum absolute atomic E-state index is 0.712. The van der Waals surface area contributed by atoms with E-state index in [2.05, 4.69) is 38.2 Å². The standard InChI is InChI=1S/C13H28N2/c1-5-9-15(4)13-10-11(6-2)7-8-12(13)14-3/h11-14H,5-10H2,1-4H3. The molecule has 2 heteroatoms. The van der Waals surface area contributed by atoms with Crippen LogP contribution in [0.5, 0.6) is 0 Å². The second-order valence-electron chi connectivity index (χ2n) is 5.03. The lowest BCUT2D eigenvalue weighted by Crippen LogP contribution is -2.51. The van der Waals surface area contributed by atoms with Gasteiger partial charge in [-0.1, -0.05) is 20.3 Å². The van der Waals surface area contributed by atoms with E-state index in [1.54, 1.807) is 0 Å². The molecule has 0 aliphatic heterocycles. The van der Waals surface area contributed by atoms with Gasteiger partial charge in [0.05, 0.1) is 0 Å². The fraction of sp³-hybridized carbons (Fsp3) is 1.00. The average molecular weight is 212 g/mol. The Labute approximate surface area is 95.4 Å². The van der Waals surface area contributed by atoms with Crippen LogP contribution >= 0.6 is 0 Å². The number of nitrogens with zero attached hydrogens (tertiary/aromatic N) is 1. The van der Waals surface area contributed by atoms with E-state index in [1.165, 1.54) is 38.6 Å². The largest absolute Gasteiger partial charge is 0.315 e. The van der Waals surface area contributed by atoms with Crippen molar-refractivity contribution >= 4 is 0 Å². The summed E-state index contributed by atoms with van der Waals surface area (Å²) >= 11 is 0. The van der Waals surface area contributed by atoms with E-state index in [4.69, 9.17) is 0 Å². The van der Waals surface area contributed by atoms with Crippen LogP contribution in [-0.4, -0.2) is 37.6 Å². The van der Waals surface area contributed by atoms with E-state index in [0.29, 0.717) is 6.04 Å². The summed E-state index contributed by atoms with van der Waals surface area (Å²) in [5, 5.41) is 3.50. The molecule has 1 aliphatic carbocycles. The molecule has 0 bridgehead atoms.